The van der Waals surface area contributed by atoms with Crippen molar-refractivity contribution >= 4 is 17.1 Å². The van der Waals surface area contributed by atoms with Gasteiger partial charge in [0.05, 0.1) is 17.1 Å². The van der Waals surface area contributed by atoms with Crippen LogP contribution in [0.2, 0.25) is 0 Å². The highest BCUT2D eigenvalue weighted by atomic mass is 15.2. The smallest absolute Gasteiger partial charge is 0.0816 e. The molecule has 2 heterocycles. The molecule has 3 heteroatoms. The van der Waals surface area contributed by atoms with Gasteiger partial charge in [0.25, 0.3) is 0 Å². The van der Waals surface area contributed by atoms with E-state index < -0.39 is 0 Å². The van der Waals surface area contributed by atoms with Gasteiger partial charge >= 0.3 is 0 Å². The first-order valence-corrected chi connectivity index (χ1v) is 7.14. The van der Waals surface area contributed by atoms with Crippen LogP contribution >= 0.6 is 0 Å². The summed E-state index contributed by atoms with van der Waals surface area (Å²) >= 11 is 0. The Morgan fingerprint density at radius 2 is 2.00 bits per heavy atom. The van der Waals surface area contributed by atoms with Crippen molar-refractivity contribution in [2.24, 2.45) is 5.92 Å². The predicted octanol–water partition coefficient (Wildman–Crippen LogP) is 3.15. The average Bonchev–Trinajstić information content (AvgIpc) is 2.91. The molecule has 0 spiro atoms. The van der Waals surface area contributed by atoms with Gasteiger partial charge in [-0.05, 0) is 30.9 Å². The van der Waals surface area contributed by atoms with Crippen LogP contribution in [0.1, 0.15) is 26.7 Å². The standard InChI is InChI=1S/C15H23N3/c1-11(2)13-10-16-12-6-5-7-14(15(12)17-13)18-8-3-4-9-18/h5-7,11,13,16-17H,3-4,8-10H2,1-2H3/t13-/m1/s1. The summed E-state index contributed by atoms with van der Waals surface area (Å²) in [5.74, 6) is 0.650. The lowest BCUT2D eigenvalue weighted by Crippen LogP contribution is -2.38. The summed E-state index contributed by atoms with van der Waals surface area (Å²) in [6, 6.07) is 7.12. The Morgan fingerprint density at radius 1 is 1.22 bits per heavy atom. The Kier molecular flexibility index (Phi) is 3.06. The fourth-order valence-electron chi connectivity index (χ4n) is 2.92. The van der Waals surface area contributed by atoms with Crippen molar-refractivity contribution in [2.45, 2.75) is 32.7 Å². The molecule has 1 atom stereocenters. The van der Waals surface area contributed by atoms with Gasteiger partial charge in [0.1, 0.15) is 0 Å². The van der Waals surface area contributed by atoms with Crippen LogP contribution in [0, 0.1) is 5.92 Å². The van der Waals surface area contributed by atoms with E-state index in [1.54, 1.807) is 0 Å². The Labute approximate surface area is 110 Å². The second-order valence-corrected chi connectivity index (χ2v) is 5.77. The van der Waals surface area contributed by atoms with Gasteiger partial charge in [-0.15, -0.1) is 0 Å². The van der Waals surface area contributed by atoms with Crippen molar-refractivity contribution in [3.63, 3.8) is 0 Å². The third kappa shape index (κ3) is 2.02. The molecule has 0 radical (unpaired) electrons. The van der Waals surface area contributed by atoms with Crippen LogP contribution in [0.25, 0.3) is 0 Å². The minimum atomic E-state index is 0.529. The zero-order valence-electron chi connectivity index (χ0n) is 11.4. The fourth-order valence-corrected chi connectivity index (χ4v) is 2.92. The van der Waals surface area contributed by atoms with E-state index in [1.165, 1.54) is 43.0 Å². The average molecular weight is 245 g/mol. The Bertz CT molecular complexity index is 422. The number of nitrogens with one attached hydrogen (secondary N) is 2. The molecule has 98 valence electrons. The molecular formula is C15H23N3. The number of para-hydroxylation sites is 1. The largest absolute Gasteiger partial charge is 0.381 e. The molecule has 1 aromatic rings. The summed E-state index contributed by atoms with van der Waals surface area (Å²) < 4.78 is 0. The maximum absolute atomic E-state index is 3.74. The van der Waals surface area contributed by atoms with Gasteiger partial charge < -0.3 is 15.5 Å². The highest BCUT2D eigenvalue weighted by Gasteiger charge is 2.24. The normalized spacial score (nSPS) is 22.6. The third-order valence-corrected chi connectivity index (χ3v) is 4.14. The first kappa shape index (κ1) is 11.7. The first-order valence-electron chi connectivity index (χ1n) is 7.14. The highest BCUT2D eigenvalue weighted by molar-refractivity contribution is 5.85. The number of anilines is 3. The lowest BCUT2D eigenvalue weighted by molar-refractivity contribution is 0.536. The molecule has 2 aliphatic rings. The number of rotatable bonds is 2. The lowest BCUT2D eigenvalue weighted by atomic mass is 10.0. The summed E-state index contributed by atoms with van der Waals surface area (Å²) in [6.07, 6.45) is 2.65. The monoisotopic (exact) mass is 245 g/mol. The van der Waals surface area contributed by atoms with Crippen LogP contribution in [0.5, 0.6) is 0 Å². The second kappa shape index (κ2) is 4.71. The minimum absolute atomic E-state index is 0.529. The molecule has 18 heavy (non-hydrogen) atoms. The Balaban J connectivity index is 1.92. The van der Waals surface area contributed by atoms with Crippen molar-refractivity contribution < 1.29 is 0 Å². The highest BCUT2D eigenvalue weighted by Crippen LogP contribution is 2.38. The molecule has 2 N–H and O–H groups in total. The topological polar surface area (TPSA) is 27.3 Å². The van der Waals surface area contributed by atoms with Gasteiger partial charge in [-0.3, -0.25) is 0 Å². The van der Waals surface area contributed by atoms with Gasteiger partial charge in [0.2, 0.25) is 0 Å². The molecule has 0 unspecified atom stereocenters. The molecule has 0 saturated carbocycles. The number of nitrogens with zero attached hydrogens (tertiary/aromatic N) is 1. The number of benzene rings is 1. The zero-order chi connectivity index (χ0) is 12.5. The van der Waals surface area contributed by atoms with Gasteiger partial charge in [0.15, 0.2) is 0 Å². The number of fused-ring (bicyclic) bond motifs is 1. The van der Waals surface area contributed by atoms with Crippen molar-refractivity contribution in [3.05, 3.63) is 18.2 Å². The van der Waals surface area contributed by atoms with Gasteiger partial charge in [-0.25, -0.2) is 0 Å². The third-order valence-electron chi connectivity index (χ3n) is 4.14. The zero-order valence-corrected chi connectivity index (χ0v) is 11.4. The maximum atomic E-state index is 3.74. The Hall–Kier alpha value is -1.38. The van der Waals surface area contributed by atoms with E-state index >= 15 is 0 Å². The van der Waals surface area contributed by atoms with Crippen molar-refractivity contribution in [3.8, 4) is 0 Å². The summed E-state index contributed by atoms with van der Waals surface area (Å²) in [7, 11) is 0. The van der Waals surface area contributed by atoms with Crippen molar-refractivity contribution in [2.75, 3.05) is 35.2 Å². The van der Waals surface area contributed by atoms with E-state index in [0.29, 0.717) is 12.0 Å². The van der Waals surface area contributed by atoms with Gasteiger partial charge in [0, 0.05) is 25.7 Å². The molecule has 0 bridgehead atoms. The van der Waals surface area contributed by atoms with Crippen LogP contribution in [0.4, 0.5) is 17.1 Å². The number of hydrogen-bond acceptors (Lipinski definition) is 3. The number of hydrogen-bond donors (Lipinski definition) is 2. The van der Waals surface area contributed by atoms with Crippen molar-refractivity contribution in [1.82, 2.24) is 0 Å². The van der Waals surface area contributed by atoms with Crippen molar-refractivity contribution in [1.29, 1.82) is 0 Å². The summed E-state index contributed by atoms with van der Waals surface area (Å²) in [5, 5.41) is 7.31. The van der Waals surface area contributed by atoms with E-state index in [4.69, 9.17) is 0 Å². The molecule has 2 aliphatic heterocycles. The van der Waals surface area contributed by atoms with E-state index in [9.17, 15) is 0 Å². The van der Waals surface area contributed by atoms with Crippen LogP contribution in [0.15, 0.2) is 18.2 Å². The molecule has 3 nitrogen and oxygen atoms in total. The quantitative estimate of drug-likeness (QED) is 0.838. The summed E-state index contributed by atoms with van der Waals surface area (Å²) in [5.41, 5.74) is 3.95. The molecule has 1 saturated heterocycles. The maximum Gasteiger partial charge on any atom is 0.0816 e. The minimum Gasteiger partial charge on any atom is -0.381 e. The van der Waals surface area contributed by atoms with Crippen LogP contribution < -0.4 is 15.5 Å². The second-order valence-electron chi connectivity index (χ2n) is 5.77. The molecular weight excluding hydrogens is 222 g/mol. The van der Waals surface area contributed by atoms with E-state index in [1.807, 2.05) is 0 Å². The molecule has 1 fully saturated rings. The molecule has 0 aromatic heterocycles. The summed E-state index contributed by atoms with van der Waals surface area (Å²) in [4.78, 5) is 2.51. The Morgan fingerprint density at radius 3 is 2.72 bits per heavy atom. The molecule has 0 aliphatic carbocycles. The van der Waals surface area contributed by atoms with E-state index in [-0.39, 0.29) is 0 Å². The predicted molar refractivity (Wildman–Crippen MR) is 78.6 cm³/mol. The van der Waals surface area contributed by atoms with Gasteiger partial charge in [-0.1, -0.05) is 19.9 Å². The first-order chi connectivity index (χ1) is 8.75. The SMILES string of the molecule is CC(C)[C@H]1CNc2cccc(N3CCCC3)c2N1. The molecule has 3 rings (SSSR count). The fraction of sp³-hybridized carbons (Fsp3) is 0.600. The summed E-state index contributed by atoms with van der Waals surface area (Å²) in [6.45, 7) is 7.98. The van der Waals surface area contributed by atoms with Crippen LogP contribution in [-0.2, 0) is 0 Å². The van der Waals surface area contributed by atoms with E-state index in [0.717, 1.165) is 6.54 Å². The molecule has 0 amide bonds. The van der Waals surface area contributed by atoms with Crippen LogP contribution in [-0.4, -0.2) is 25.7 Å². The van der Waals surface area contributed by atoms with E-state index in [2.05, 4.69) is 47.6 Å². The lowest BCUT2D eigenvalue weighted by Gasteiger charge is -2.34. The van der Waals surface area contributed by atoms with Crippen LogP contribution in [0.3, 0.4) is 0 Å². The van der Waals surface area contributed by atoms with Gasteiger partial charge in [-0.2, -0.15) is 0 Å². The molecule has 1 aromatic carbocycles.